The number of aryl methyl sites for hydroxylation is 2. The van der Waals surface area contributed by atoms with Crippen LogP contribution in [0.5, 0.6) is 0 Å². The summed E-state index contributed by atoms with van der Waals surface area (Å²) in [5, 5.41) is 10.7. The molecular formula is C17H17N3O5S. The van der Waals surface area contributed by atoms with Crippen LogP contribution in [0.4, 0.5) is 5.88 Å². The Balaban J connectivity index is 2.12. The van der Waals surface area contributed by atoms with Gasteiger partial charge in [0, 0.05) is 13.7 Å². The summed E-state index contributed by atoms with van der Waals surface area (Å²) in [5.41, 5.74) is 3.18. The lowest BCUT2D eigenvalue weighted by molar-refractivity contribution is -0.402. The van der Waals surface area contributed by atoms with Crippen LogP contribution in [0.2, 0.25) is 0 Å². The minimum absolute atomic E-state index is 0.166. The Hall–Kier alpha value is -2.78. The van der Waals surface area contributed by atoms with E-state index in [0.29, 0.717) is 18.0 Å². The third-order valence-corrected chi connectivity index (χ3v) is 5.04. The van der Waals surface area contributed by atoms with Gasteiger partial charge in [0.25, 0.3) is 0 Å². The largest absolute Gasteiger partial charge is 0.433 e. The average molecular weight is 375 g/mol. The number of fused-ring (bicyclic) bond motifs is 1. The lowest BCUT2D eigenvalue weighted by Gasteiger charge is -2.05. The second-order valence-electron chi connectivity index (χ2n) is 5.77. The lowest BCUT2D eigenvalue weighted by Crippen LogP contribution is -2.19. The van der Waals surface area contributed by atoms with Crippen LogP contribution in [0.3, 0.4) is 0 Å². The number of carbonyl (C=O) groups excluding carboxylic acids is 1. The predicted octanol–water partition coefficient (Wildman–Crippen LogP) is 3.21. The average Bonchev–Trinajstić information content (AvgIpc) is 3.19. The molecule has 0 aliphatic rings. The van der Waals surface area contributed by atoms with Crippen LogP contribution in [-0.2, 0) is 11.3 Å². The molecule has 26 heavy (non-hydrogen) atoms. The molecular weight excluding hydrogens is 358 g/mol. The standard InChI is InChI=1S/C17H17N3O5S/c1-10-8-11(2)15-12(9-10)19(6-7-24-3)17(26-15)18-16(21)13-4-5-14(25-13)20(22)23/h4-5,8-9H,6-7H2,1-3H3. The molecule has 1 amide bonds. The molecule has 3 aromatic rings. The quantitative estimate of drug-likeness (QED) is 0.503. The third-order valence-electron chi connectivity index (χ3n) is 3.81. The maximum absolute atomic E-state index is 12.4. The molecule has 8 nitrogen and oxygen atoms in total. The summed E-state index contributed by atoms with van der Waals surface area (Å²) >= 11 is 1.39. The van der Waals surface area contributed by atoms with Gasteiger partial charge >= 0.3 is 11.8 Å². The fourth-order valence-corrected chi connectivity index (χ4v) is 3.78. The summed E-state index contributed by atoms with van der Waals surface area (Å²) in [4.78, 5) is 27.0. The molecule has 2 heterocycles. The zero-order valence-electron chi connectivity index (χ0n) is 14.5. The Labute approximate surface area is 152 Å². The number of nitrogens with zero attached hydrogens (tertiary/aromatic N) is 3. The van der Waals surface area contributed by atoms with Crippen molar-refractivity contribution < 1.29 is 18.9 Å². The highest BCUT2D eigenvalue weighted by Crippen LogP contribution is 2.24. The van der Waals surface area contributed by atoms with Gasteiger partial charge in [-0.3, -0.25) is 14.9 Å². The Kier molecular flexibility index (Phi) is 5.01. The SMILES string of the molecule is COCCn1c(=NC(=O)c2ccc([N+](=O)[O-])o2)sc2c(C)cc(C)cc21. The summed E-state index contributed by atoms with van der Waals surface area (Å²) in [6.07, 6.45) is 0. The first kappa shape index (κ1) is 18.0. The molecule has 0 unspecified atom stereocenters. The smallest absolute Gasteiger partial charge is 0.395 e. The fourth-order valence-electron chi connectivity index (χ4n) is 2.68. The number of benzene rings is 1. The Morgan fingerprint density at radius 1 is 1.38 bits per heavy atom. The monoisotopic (exact) mass is 375 g/mol. The number of carbonyl (C=O) groups is 1. The molecule has 0 fully saturated rings. The van der Waals surface area contributed by atoms with Crippen molar-refractivity contribution in [3.05, 3.63) is 56.1 Å². The Bertz CT molecular complexity index is 1060. The highest BCUT2D eigenvalue weighted by Gasteiger charge is 2.18. The number of methoxy groups -OCH3 is 1. The number of hydrogen-bond acceptors (Lipinski definition) is 6. The minimum atomic E-state index is -0.693. The van der Waals surface area contributed by atoms with Crippen LogP contribution in [-0.4, -0.2) is 29.1 Å². The van der Waals surface area contributed by atoms with Gasteiger partial charge in [0.15, 0.2) is 4.80 Å². The molecule has 0 atom stereocenters. The third kappa shape index (κ3) is 3.44. The fraction of sp³-hybridized carbons (Fsp3) is 0.294. The number of rotatable bonds is 5. The summed E-state index contributed by atoms with van der Waals surface area (Å²) < 4.78 is 13.1. The van der Waals surface area contributed by atoms with Crippen molar-refractivity contribution in [3.63, 3.8) is 0 Å². The minimum Gasteiger partial charge on any atom is -0.395 e. The summed E-state index contributed by atoms with van der Waals surface area (Å²) in [7, 11) is 1.61. The number of aromatic nitrogens is 1. The second-order valence-corrected chi connectivity index (χ2v) is 6.75. The van der Waals surface area contributed by atoms with Gasteiger partial charge < -0.3 is 13.7 Å². The highest BCUT2D eigenvalue weighted by atomic mass is 32.1. The van der Waals surface area contributed by atoms with E-state index in [1.54, 1.807) is 7.11 Å². The zero-order chi connectivity index (χ0) is 18.8. The number of furan rings is 1. The van der Waals surface area contributed by atoms with Crippen LogP contribution < -0.4 is 4.80 Å². The van der Waals surface area contributed by atoms with E-state index >= 15 is 0 Å². The maximum atomic E-state index is 12.4. The Morgan fingerprint density at radius 3 is 2.81 bits per heavy atom. The van der Waals surface area contributed by atoms with Crippen molar-refractivity contribution in [2.45, 2.75) is 20.4 Å². The molecule has 0 N–H and O–H groups in total. The summed E-state index contributed by atoms with van der Waals surface area (Å²) in [6, 6.07) is 6.50. The van der Waals surface area contributed by atoms with E-state index in [4.69, 9.17) is 9.15 Å². The van der Waals surface area contributed by atoms with Crippen LogP contribution in [0.1, 0.15) is 21.7 Å². The van der Waals surface area contributed by atoms with E-state index in [1.807, 2.05) is 24.5 Å². The van der Waals surface area contributed by atoms with E-state index < -0.39 is 16.7 Å². The summed E-state index contributed by atoms with van der Waals surface area (Å²) in [5.74, 6) is -1.32. The van der Waals surface area contributed by atoms with Crippen molar-refractivity contribution in [1.29, 1.82) is 0 Å². The molecule has 0 radical (unpaired) electrons. The van der Waals surface area contributed by atoms with Gasteiger partial charge in [-0.15, -0.1) is 0 Å². The van der Waals surface area contributed by atoms with E-state index in [0.717, 1.165) is 27.4 Å². The predicted molar refractivity (Wildman–Crippen MR) is 96.4 cm³/mol. The van der Waals surface area contributed by atoms with E-state index in [1.165, 1.54) is 17.4 Å². The first-order chi connectivity index (χ1) is 12.4. The summed E-state index contributed by atoms with van der Waals surface area (Å²) in [6.45, 7) is 5.01. The highest BCUT2D eigenvalue weighted by molar-refractivity contribution is 7.16. The molecule has 0 bridgehead atoms. The van der Waals surface area contributed by atoms with E-state index in [2.05, 4.69) is 11.1 Å². The maximum Gasteiger partial charge on any atom is 0.433 e. The molecule has 3 rings (SSSR count). The molecule has 0 spiro atoms. The van der Waals surface area contributed by atoms with Crippen LogP contribution in [0, 0.1) is 24.0 Å². The zero-order valence-corrected chi connectivity index (χ0v) is 15.3. The van der Waals surface area contributed by atoms with Crippen molar-refractivity contribution in [3.8, 4) is 0 Å². The first-order valence-electron chi connectivity index (χ1n) is 7.83. The molecule has 2 aromatic heterocycles. The number of thiazole rings is 1. The van der Waals surface area contributed by atoms with Crippen LogP contribution in [0.25, 0.3) is 10.2 Å². The van der Waals surface area contributed by atoms with Gasteiger partial charge in [-0.05, 0) is 37.1 Å². The van der Waals surface area contributed by atoms with Crippen molar-refractivity contribution in [2.75, 3.05) is 13.7 Å². The van der Waals surface area contributed by atoms with Gasteiger partial charge in [-0.2, -0.15) is 4.99 Å². The molecule has 136 valence electrons. The van der Waals surface area contributed by atoms with Gasteiger partial charge in [0.2, 0.25) is 5.76 Å². The molecule has 9 heteroatoms. The Morgan fingerprint density at radius 2 is 2.15 bits per heavy atom. The van der Waals surface area contributed by atoms with Crippen molar-refractivity contribution >= 4 is 33.3 Å². The molecule has 0 saturated carbocycles. The van der Waals surface area contributed by atoms with Crippen molar-refractivity contribution in [1.82, 2.24) is 4.57 Å². The number of amides is 1. The molecule has 0 aliphatic heterocycles. The lowest BCUT2D eigenvalue weighted by atomic mass is 10.1. The number of nitro groups is 1. The van der Waals surface area contributed by atoms with Crippen molar-refractivity contribution in [2.24, 2.45) is 4.99 Å². The van der Waals surface area contributed by atoms with Gasteiger partial charge in [0.1, 0.15) is 4.92 Å². The van der Waals surface area contributed by atoms with Gasteiger partial charge in [-0.25, -0.2) is 0 Å². The number of hydrogen-bond donors (Lipinski definition) is 0. The van der Waals surface area contributed by atoms with Gasteiger partial charge in [0.05, 0.1) is 22.9 Å². The van der Waals surface area contributed by atoms with E-state index in [-0.39, 0.29) is 5.76 Å². The second kappa shape index (κ2) is 7.22. The molecule has 0 saturated heterocycles. The molecule has 0 aliphatic carbocycles. The first-order valence-corrected chi connectivity index (χ1v) is 8.65. The topological polar surface area (TPSA) is 99.9 Å². The number of ether oxygens (including phenoxy) is 1. The molecule has 1 aromatic carbocycles. The van der Waals surface area contributed by atoms with E-state index in [9.17, 15) is 14.9 Å². The normalized spacial score (nSPS) is 12.0. The van der Waals surface area contributed by atoms with Gasteiger partial charge in [-0.1, -0.05) is 17.4 Å². The van der Waals surface area contributed by atoms with Crippen LogP contribution >= 0.6 is 11.3 Å². The van der Waals surface area contributed by atoms with Crippen LogP contribution in [0.15, 0.2) is 33.7 Å².